The van der Waals surface area contributed by atoms with E-state index in [9.17, 15) is 13.2 Å². The van der Waals surface area contributed by atoms with E-state index in [1.165, 1.54) is 6.20 Å². The van der Waals surface area contributed by atoms with Gasteiger partial charge in [-0.2, -0.15) is 18.3 Å². The molecule has 1 saturated heterocycles. The Hall–Kier alpha value is -2.09. The summed E-state index contributed by atoms with van der Waals surface area (Å²) in [7, 11) is 0. The number of nitrogens with two attached hydrogens (primary N) is 1. The van der Waals surface area contributed by atoms with Crippen molar-refractivity contribution in [3.8, 4) is 11.3 Å². The summed E-state index contributed by atoms with van der Waals surface area (Å²) in [6.07, 6.45) is -2.15. The van der Waals surface area contributed by atoms with E-state index in [1.54, 1.807) is 0 Å². The predicted octanol–water partition coefficient (Wildman–Crippen LogP) is 1.79. The van der Waals surface area contributed by atoms with E-state index < -0.39 is 17.6 Å². The zero-order valence-corrected chi connectivity index (χ0v) is 11.6. The van der Waals surface area contributed by atoms with Crippen LogP contribution in [0.4, 0.5) is 19.0 Å². The lowest BCUT2D eigenvalue weighted by molar-refractivity contribution is -0.137. The van der Waals surface area contributed by atoms with Crippen LogP contribution in [-0.4, -0.2) is 27.9 Å². The van der Waals surface area contributed by atoms with Crippen LogP contribution < -0.4 is 11.1 Å². The van der Waals surface area contributed by atoms with Gasteiger partial charge in [-0.15, -0.1) is 0 Å². The number of nitrogen functional groups attached to an aromatic ring is 1. The maximum Gasteiger partial charge on any atom is 0.419 e. The van der Waals surface area contributed by atoms with Crippen molar-refractivity contribution in [2.45, 2.75) is 24.6 Å². The number of hydrogen-bond donors (Lipinski definition) is 2. The number of aromatic nitrogens is 3. The summed E-state index contributed by atoms with van der Waals surface area (Å²) in [5, 5.41) is 7.68. The van der Waals surface area contributed by atoms with Crippen molar-refractivity contribution in [2.24, 2.45) is 0 Å². The fourth-order valence-corrected chi connectivity index (χ4v) is 3.23. The molecule has 2 aliphatic heterocycles. The highest BCUT2D eigenvalue weighted by Crippen LogP contribution is 2.40. The van der Waals surface area contributed by atoms with Crippen LogP contribution in [0, 0.1) is 0 Å². The van der Waals surface area contributed by atoms with Gasteiger partial charge in [0.15, 0.2) is 0 Å². The highest BCUT2D eigenvalue weighted by molar-refractivity contribution is 5.63. The second kappa shape index (κ2) is 4.22. The average Bonchev–Trinajstić information content (AvgIpc) is 2.94. The fourth-order valence-electron chi connectivity index (χ4n) is 3.23. The van der Waals surface area contributed by atoms with Crippen LogP contribution in [-0.2, 0) is 18.1 Å². The smallest absolute Gasteiger partial charge is 0.383 e. The van der Waals surface area contributed by atoms with Crippen LogP contribution in [0.2, 0.25) is 0 Å². The van der Waals surface area contributed by atoms with Crippen molar-refractivity contribution >= 4 is 5.82 Å². The van der Waals surface area contributed by atoms with Crippen molar-refractivity contribution in [3.63, 3.8) is 0 Å². The summed E-state index contributed by atoms with van der Waals surface area (Å²) in [5.74, 6) is -0.511. The second-order valence-corrected chi connectivity index (χ2v) is 5.93. The first-order valence-corrected chi connectivity index (χ1v) is 7.01. The zero-order chi connectivity index (χ0) is 15.5. The number of pyridine rings is 1. The maximum atomic E-state index is 12.9. The van der Waals surface area contributed by atoms with Crippen LogP contribution >= 0.6 is 0 Å². The van der Waals surface area contributed by atoms with Gasteiger partial charge in [0.25, 0.3) is 0 Å². The van der Waals surface area contributed by atoms with Crippen LogP contribution in [0.25, 0.3) is 11.3 Å². The quantitative estimate of drug-likeness (QED) is 0.843. The summed E-state index contributed by atoms with van der Waals surface area (Å²) in [5.41, 5.74) is 6.45. The van der Waals surface area contributed by atoms with Gasteiger partial charge in [0.1, 0.15) is 5.82 Å². The Kier molecular flexibility index (Phi) is 2.60. The zero-order valence-electron chi connectivity index (χ0n) is 11.6. The first-order valence-electron chi connectivity index (χ1n) is 7.01. The Morgan fingerprint density at radius 3 is 2.68 bits per heavy atom. The van der Waals surface area contributed by atoms with Gasteiger partial charge >= 0.3 is 6.18 Å². The Morgan fingerprint density at radius 2 is 2.05 bits per heavy atom. The molecule has 0 aromatic carbocycles. The van der Waals surface area contributed by atoms with Crippen molar-refractivity contribution < 1.29 is 13.2 Å². The van der Waals surface area contributed by atoms with E-state index in [4.69, 9.17) is 5.73 Å². The summed E-state index contributed by atoms with van der Waals surface area (Å²) in [4.78, 5) is 3.67. The molecule has 1 fully saturated rings. The number of nitrogens with zero attached hydrogens (tertiary/aromatic N) is 3. The molecule has 8 heteroatoms. The summed E-state index contributed by atoms with van der Waals surface area (Å²) >= 11 is 0. The molecule has 2 aliphatic rings. The third-order valence-corrected chi connectivity index (χ3v) is 4.57. The molecule has 0 aliphatic carbocycles. The minimum Gasteiger partial charge on any atom is -0.383 e. The molecule has 0 saturated carbocycles. The minimum absolute atomic E-state index is 0.0966. The van der Waals surface area contributed by atoms with Gasteiger partial charge in [-0.1, -0.05) is 0 Å². The lowest BCUT2D eigenvalue weighted by Crippen LogP contribution is -2.55. The molecule has 2 aromatic rings. The van der Waals surface area contributed by atoms with Gasteiger partial charge in [-0.25, -0.2) is 4.98 Å². The molecule has 0 unspecified atom stereocenters. The minimum atomic E-state index is -4.52. The average molecular weight is 309 g/mol. The van der Waals surface area contributed by atoms with E-state index in [0.29, 0.717) is 11.3 Å². The molecule has 2 aromatic heterocycles. The Balaban J connectivity index is 1.76. The molecule has 5 nitrogen and oxygen atoms in total. The predicted molar refractivity (Wildman–Crippen MR) is 74.0 cm³/mol. The van der Waals surface area contributed by atoms with Gasteiger partial charge in [-0.3, -0.25) is 4.68 Å². The van der Waals surface area contributed by atoms with Gasteiger partial charge in [0, 0.05) is 42.5 Å². The maximum absolute atomic E-state index is 12.9. The number of rotatable bonds is 1. The van der Waals surface area contributed by atoms with E-state index in [2.05, 4.69) is 15.4 Å². The van der Waals surface area contributed by atoms with Gasteiger partial charge in [-0.05, 0) is 18.6 Å². The van der Waals surface area contributed by atoms with E-state index in [1.807, 2.05) is 10.7 Å². The largest absolute Gasteiger partial charge is 0.419 e. The molecular formula is C14H14F3N5. The van der Waals surface area contributed by atoms with Gasteiger partial charge < -0.3 is 11.1 Å². The standard InChI is InChI=1S/C14H14F3N5/c15-14(16,17)9-3-8(5-20-12(9)18)10-4-11-13(6-19-7-13)1-2-22(11)21-10/h3-5,19H,1-2,6-7H2,(H2,18,20). The van der Waals surface area contributed by atoms with Crippen LogP contribution in [0.15, 0.2) is 18.3 Å². The number of nitrogens with one attached hydrogen (secondary N) is 1. The molecule has 0 bridgehead atoms. The Morgan fingerprint density at radius 1 is 1.27 bits per heavy atom. The normalized spacial score (nSPS) is 19.2. The van der Waals surface area contributed by atoms with Crippen molar-refractivity contribution in [1.29, 1.82) is 0 Å². The SMILES string of the molecule is Nc1ncc(-c2cc3n(n2)CCC32CNC2)cc1C(F)(F)F. The summed E-state index contributed by atoms with van der Waals surface area (Å²) in [6, 6.07) is 2.90. The number of hydrogen-bond acceptors (Lipinski definition) is 4. The van der Waals surface area contributed by atoms with Crippen LogP contribution in [0.1, 0.15) is 17.7 Å². The number of alkyl halides is 3. The number of aryl methyl sites for hydroxylation is 1. The number of fused-ring (bicyclic) bond motifs is 2. The molecule has 116 valence electrons. The number of halogens is 3. The van der Waals surface area contributed by atoms with Gasteiger partial charge in [0.05, 0.1) is 11.3 Å². The summed E-state index contributed by atoms with van der Waals surface area (Å²) < 4.78 is 40.7. The van der Waals surface area contributed by atoms with Crippen molar-refractivity contribution in [3.05, 3.63) is 29.6 Å². The highest BCUT2D eigenvalue weighted by Gasteiger charge is 2.45. The first-order chi connectivity index (χ1) is 10.4. The van der Waals surface area contributed by atoms with Crippen molar-refractivity contribution in [2.75, 3.05) is 18.8 Å². The Bertz CT molecular complexity index is 745. The van der Waals surface area contributed by atoms with E-state index in [-0.39, 0.29) is 5.41 Å². The fraction of sp³-hybridized carbons (Fsp3) is 0.429. The Labute approximate surface area is 124 Å². The molecular weight excluding hydrogens is 295 g/mol. The van der Waals surface area contributed by atoms with Gasteiger partial charge in [0.2, 0.25) is 0 Å². The molecule has 0 amide bonds. The molecule has 4 rings (SSSR count). The third kappa shape index (κ3) is 1.83. The number of anilines is 1. The van der Waals surface area contributed by atoms with Crippen LogP contribution in [0.3, 0.4) is 0 Å². The molecule has 4 heterocycles. The molecule has 1 spiro atoms. The van der Waals surface area contributed by atoms with E-state index >= 15 is 0 Å². The topological polar surface area (TPSA) is 68.8 Å². The molecule has 3 N–H and O–H groups in total. The molecule has 22 heavy (non-hydrogen) atoms. The van der Waals surface area contributed by atoms with Crippen LogP contribution in [0.5, 0.6) is 0 Å². The monoisotopic (exact) mass is 309 g/mol. The summed E-state index contributed by atoms with van der Waals surface area (Å²) in [6.45, 7) is 2.59. The third-order valence-electron chi connectivity index (χ3n) is 4.57. The molecule has 0 atom stereocenters. The van der Waals surface area contributed by atoms with Crippen molar-refractivity contribution in [1.82, 2.24) is 20.1 Å². The first kappa shape index (κ1) is 13.6. The lowest BCUT2D eigenvalue weighted by atomic mass is 9.77. The molecule has 0 radical (unpaired) electrons. The van der Waals surface area contributed by atoms with E-state index in [0.717, 1.165) is 37.8 Å². The second-order valence-electron chi connectivity index (χ2n) is 5.93. The highest BCUT2D eigenvalue weighted by atomic mass is 19.4. The lowest BCUT2D eigenvalue weighted by Gasteiger charge is -2.38.